The molecule has 1 fully saturated rings. The number of rotatable bonds is 3. The van der Waals surface area contributed by atoms with Crippen LogP contribution < -0.4 is 15.4 Å². The topological polar surface area (TPSA) is 50.4 Å². The molecular formula is C12H13F2IN2O2. The fourth-order valence-electron chi connectivity index (χ4n) is 1.95. The van der Waals surface area contributed by atoms with Gasteiger partial charge in [0.1, 0.15) is 6.10 Å². The van der Waals surface area contributed by atoms with E-state index in [1.807, 2.05) is 0 Å². The number of benzene rings is 1. The van der Waals surface area contributed by atoms with Crippen molar-refractivity contribution in [2.45, 2.75) is 18.6 Å². The standard InChI is InChI=1S/C12H13F2IN2O2/c1-16-12(18)8-4-6(5-17-8)19-9-3-2-7(15)10(13)11(9)14/h2-3,6,8,17H,4-5H2,1H3,(H,16,18)/t6-,8+/m1/s1. The molecule has 1 saturated heterocycles. The molecule has 2 atom stereocenters. The lowest BCUT2D eigenvalue weighted by Gasteiger charge is -2.14. The van der Waals surface area contributed by atoms with Gasteiger partial charge in [0.25, 0.3) is 0 Å². The molecule has 4 nitrogen and oxygen atoms in total. The summed E-state index contributed by atoms with van der Waals surface area (Å²) in [5, 5.41) is 5.50. The van der Waals surface area contributed by atoms with Crippen LogP contribution in [-0.4, -0.2) is 31.6 Å². The number of hydrogen-bond donors (Lipinski definition) is 2. The highest BCUT2D eigenvalue weighted by molar-refractivity contribution is 14.1. The summed E-state index contributed by atoms with van der Waals surface area (Å²) in [5.74, 6) is -2.16. The van der Waals surface area contributed by atoms with E-state index >= 15 is 0 Å². The second-order valence-corrected chi connectivity index (χ2v) is 5.39. The molecule has 0 radical (unpaired) electrons. The SMILES string of the molecule is CNC(=O)[C@@H]1C[C@@H](Oc2ccc(I)c(F)c2F)CN1. The third-order valence-corrected chi connectivity index (χ3v) is 3.78. The van der Waals surface area contributed by atoms with Crippen molar-refractivity contribution in [2.75, 3.05) is 13.6 Å². The van der Waals surface area contributed by atoms with Gasteiger partial charge in [-0.3, -0.25) is 4.79 Å². The molecule has 0 aliphatic carbocycles. The van der Waals surface area contributed by atoms with Gasteiger partial charge in [0.15, 0.2) is 11.6 Å². The van der Waals surface area contributed by atoms with Crippen molar-refractivity contribution in [2.24, 2.45) is 0 Å². The smallest absolute Gasteiger partial charge is 0.237 e. The Kier molecular flexibility index (Phi) is 4.56. The average molecular weight is 382 g/mol. The van der Waals surface area contributed by atoms with Crippen molar-refractivity contribution in [3.05, 3.63) is 27.3 Å². The van der Waals surface area contributed by atoms with Crippen molar-refractivity contribution < 1.29 is 18.3 Å². The Labute approximate surface area is 123 Å². The quantitative estimate of drug-likeness (QED) is 0.615. The van der Waals surface area contributed by atoms with E-state index in [0.717, 1.165) is 0 Å². The number of nitrogens with one attached hydrogen (secondary N) is 2. The Morgan fingerprint density at radius 1 is 1.47 bits per heavy atom. The van der Waals surface area contributed by atoms with Crippen molar-refractivity contribution in [1.82, 2.24) is 10.6 Å². The maximum atomic E-state index is 13.6. The van der Waals surface area contributed by atoms with E-state index in [9.17, 15) is 13.6 Å². The first-order valence-electron chi connectivity index (χ1n) is 5.78. The first kappa shape index (κ1) is 14.4. The maximum Gasteiger partial charge on any atom is 0.237 e. The van der Waals surface area contributed by atoms with E-state index in [0.29, 0.717) is 13.0 Å². The summed E-state index contributed by atoms with van der Waals surface area (Å²) < 4.78 is 32.6. The molecule has 7 heteroatoms. The largest absolute Gasteiger partial charge is 0.486 e. The minimum Gasteiger partial charge on any atom is -0.486 e. The summed E-state index contributed by atoms with van der Waals surface area (Å²) in [4.78, 5) is 11.4. The lowest BCUT2D eigenvalue weighted by molar-refractivity contribution is -0.122. The van der Waals surface area contributed by atoms with E-state index < -0.39 is 11.6 Å². The van der Waals surface area contributed by atoms with Gasteiger partial charge < -0.3 is 15.4 Å². The summed E-state index contributed by atoms with van der Waals surface area (Å²) in [7, 11) is 1.55. The van der Waals surface area contributed by atoms with Gasteiger partial charge >= 0.3 is 0 Å². The van der Waals surface area contributed by atoms with Crippen LogP contribution in [0.15, 0.2) is 12.1 Å². The monoisotopic (exact) mass is 382 g/mol. The third kappa shape index (κ3) is 3.14. The number of ether oxygens (including phenoxy) is 1. The summed E-state index contributed by atoms with van der Waals surface area (Å²) in [5.41, 5.74) is 0. The minimum atomic E-state index is -0.990. The Hall–Kier alpha value is -0.960. The predicted molar refractivity (Wildman–Crippen MR) is 74.0 cm³/mol. The average Bonchev–Trinajstić information content (AvgIpc) is 2.87. The highest BCUT2D eigenvalue weighted by Crippen LogP contribution is 2.26. The number of halogens is 3. The van der Waals surface area contributed by atoms with Gasteiger partial charge in [-0.05, 0) is 34.7 Å². The molecule has 0 spiro atoms. The van der Waals surface area contributed by atoms with Crippen molar-refractivity contribution in [1.29, 1.82) is 0 Å². The van der Waals surface area contributed by atoms with Crippen molar-refractivity contribution >= 4 is 28.5 Å². The van der Waals surface area contributed by atoms with Gasteiger partial charge in [-0.1, -0.05) is 0 Å². The van der Waals surface area contributed by atoms with Crippen LogP contribution in [0.5, 0.6) is 5.75 Å². The fraction of sp³-hybridized carbons (Fsp3) is 0.417. The predicted octanol–water partition coefficient (Wildman–Crippen LogP) is 1.42. The molecule has 1 aliphatic heterocycles. The van der Waals surface area contributed by atoms with E-state index in [1.165, 1.54) is 12.1 Å². The summed E-state index contributed by atoms with van der Waals surface area (Å²) in [6.07, 6.45) is 0.0726. The second kappa shape index (κ2) is 6.00. The molecule has 1 amide bonds. The number of amides is 1. The minimum absolute atomic E-state index is 0.123. The summed E-state index contributed by atoms with van der Waals surface area (Å²) >= 11 is 1.71. The lowest BCUT2D eigenvalue weighted by atomic mass is 10.2. The first-order valence-corrected chi connectivity index (χ1v) is 6.86. The zero-order chi connectivity index (χ0) is 14.0. The summed E-state index contributed by atoms with van der Waals surface area (Å²) in [6.45, 7) is 0.422. The molecule has 104 valence electrons. The molecule has 1 aromatic carbocycles. The van der Waals surface area contributed by atoms with Crippen LogP contribution in [0.3, 0.4) is 0 Å². The fourth-order valence-corrected chi connectivity index (χ4v) is 2.36. The van der Waals surface area contributed by atoms with Crippen LogP contribution in [-0.2, 0) is 4.79 Å². The first-order chi connectivity index (χ1) is 9.02. The molecular weight excluding hydrogens is 369 g/mol. The molecule has 0 bridgehead atoms. The molecule has 19 heavy (non-hydrogen) atoms. The Bertz CT molecular complexity index is 499. The van der Waals surface area contributed by atoms with E-state index in [-0.39, 0.29) is 27.4 Å². The Morgan fingerprint density at radius 2 is 2.21 bits per heavy atom. The van der Waals surface area contributed by atoms with Gasteiger partial charge in [-0.15, -0.1) is 0 Å². The molecule has 1 aromatic rings. The Morgan fingerprint density at radius 3 is 2.89 bits per heavy atom. The van der Waals surface area contributed by atoms with E-state index in [2.05, 4.69) is 10.6 Å². The maximum absolute atomic E-state index is 13.6. The van der Waals surface area contributed by atoms with E-state index in [4.69, 9.17) is 4.74 Å². The van der Waals surface area contributed by atoms with Gasteiger partial charge in [0, 0.05) is 20.0 Å². The van der Waals surface area contributed by atoms with Gasteiger partial charge in [-0.2, -0.15) is 4.39 Å². The van der Waals surface area contributed by atoms with Gasteiger partial charge in [0.2, 0.25) is 11.7 Å². The molecule has 1 aliphatic rings. The third-order valence-electron chi connectivity index (χ3n) is 2.95. The Balaban J connectivity index is 2.04. The number of carbonyl (C=O) groups is 1. The number of likely N-dealkylation sites (N-methyl/N-ethyl adjacent to an activating group) is 1. The zero-order valence-electron chi connectivity index (χ0n) is 10.2. The van der Waals surface area contributed by atoms with Crippen LogP contribution in [0.25, 0.3) is 0 Å². The van der Waals surface area contributed by atoms with Crippen LogP contribution in [0.4, 0.5) is 8.78 Å². The second-order valence-electron chi connectivity index (χ2n) is 4.22. The number of hydrogen-bond acceptors (Lipinski definition) is 3. The summed E-state index contributed by atoms with van der Waals surface area (Å²) in [6, 6.07) is 2.49. The molecule has 0 unspecified atom stereocenters. The molecule has 2 N–H and O–H groups in total. The van der Waals surface area contributed by atoms with Crippen molar-refractivity contribution in [3.8, 4) is 5.75 Å². The van der Waals surface area contributed by atoms with E-state index in [1.54, 1.807) is 29.6 Å². The molecule has 1 heterocycles. The molecule has 0 aromatic heterocycles. The number of carbonyl (C=O) groups excluding carboxylic acids is 1. The van der Waals surface area contributed by atoms with Crippen LogP contribution in [0.1, 0.15) is 6.42 Å². The van der Waals surface area contributed by atoms with Crippen molar-refractivity contribution in [3.63, 3.8) is 0 Å². The normalized spacial score (nSPS) is 22.3. The highest BCUT2D eigenvalue weighted by atomic mass is 127. The lowest BCUT2D eigenvalue weighted by Crippen LogP contribution is -2.38. The van der Waals surface area contributed by atoms with Crippen LogP contribution >= 0.6 is 22.6 Å². The molecule has 2 rings (SSSR count). The zero-order valence-corrected chi connectivity index (χ0v) is 12.3. The van der Waals surface area contributed by atoms with Crippen LogP contribution in [0.2, 0.25) is 0 Å². The van der Waals surface area contributed by atoms with Gasteiger partial charge in [-0.25, -0.2) is 4.39 Å². The van der Waals surface area contributed by atoms with Crippen LogP contribution in [0, 0.1) is 15.2 Å². The van der Waals surface area contributed by atoms with Gasteiger partial charge in [0.05, 0.1) is 9.61 Å². The molecule has 0 saturated carbocycles. The highest BCUT2D eigenvalue weighted by Gasteiger charge is 2.30.